The molecule has 1 aliphatic carbocycles. The van der Waals surface area contributed by atoms with Crippen molar-refractivity contribution >= 4 is 11.7 Å². The molecule has 2 saturated heterocycles. The van der Waals surface area contributed by atoms with Gasteiger partial charge in [-0.15, -0.1) is 0 Å². The topological polar surface area (TPSA) is 70.4 Å². The van der Waals surface area contributed by atoms with Gasteiger partial charge in [0.25, 0.3) is 0 Å². The molecule has 26 heavy (non-hydrogen) atoms. The second-order valence-electron chi connectivity index (χ2n) is 7.61. The van der Waals surface area contributed by atoms with Gasteiger partial charge in [0, 0.05) is 69.8 Å². The van der Waals surface area contributed by atoms with Gasteiger partial charge in [-0.3, -0.25) is 14.5 Å². The molecule has 8 nitrogen and oxygen atoms in total. The molecule has 0 N–H and O–H groups in total. The summed E-state index contributed by atoms with van der Waals surface area (Å²) in [4.78, 5) is 27.0. The Bertz CT molecular complexity index is 807. The molecular formula is C18H23N7O. The van der Waals surface area contributed by atoms with Crippen molar-refractivity contribution in [2.75, 3.05) is 38.1 Å². The number of hydrogen-bond acceptors (Lipinski definition) is 5. The zero-order valence-electron chi connectivity index (χ0n) is 15.0. The van der Waals surface area contributed by atoms with E-state index in [-0.39, 0.29) is 6.03 Å². The van der Waals surface area contributed by atoms with E-state index in [1.54, 1.807) is 16.0 Å². The van der Waals surface area contributed by atoms with Crippen LogP contribution in [0.15, 0.2) is 24.8 Å². The normalized spacial score (nSPS) is 21.5. The fraction of sp³-hybridized carbons (Fsp3) is 0.556. The highest BCUT2D eigenvalue weighted by molar-refractivity contribution is 5.93. The van der Waals surface area contributed by atoms with Crippen molar-refractivity contribution in [1.29, 1.82) is 0 Å². The summed E-state index contributed by atoms with van der Waals surface area (Å²) in [6, 6.07) is 0.417. The first kappa shape index (κ1) is 15.7. The van der Waals surface area contributed by atoms with E-state index in [0.717, 1.165) is 44.2 Å². The van der Waals surface area contributed by atoms with Crippen LogP contribution in [0.4, 0.5) is 10.5 Å². The van der Waals surface area contributed by atoms with Gasteiger partial charge in [-0.25, -0.2) is 14.8 Å². The van der Waals surface area contributed by atoms with Gasteiger partial charge in [0.1, 0.15) is 5.82 Å². The predicted octanol–water partition coefficient (Wildman–Crippen LogP) is 1.48. The maximum atomic E-state index is 12.1. The molecule has 0 unspecified atom stereocenters. The van der Waals surface area contributed by atoms with E-state index in [0.29, 0.717) is 12.0 Å². The number of carbonyl (C=O) groups excluding carboxylic acids is 1. The number of amides is 2. The number of carbonyl (C=O) groups is 1. The Labute approximate surface area is 152 Å². The molecule has 2 aromatic rings. The van der Waals surface area contributed by atoms with E-state index >= 15 is 0 Å². The van der Waals surface area contributed by atoms with Crippen molar-refractivity contribution in [3.8, 4) is 0 Å². The van der Waals surface area contributed by atoms with Crippen LogP contribution >= 0.6 is 0 Å². The lowest BCUT2D eigenvalue weighted by atomic mass is 10.1. The number of urea groups is 1. The summed E-state index contributed by atoms with van der Waals surface area (Å²) in [5.41, 5.74) is 2.06. The van der Waals surface area contributed by atoms with Crippen LogP contribution in [-0.4, -0.2) is 68.8 Å². The number of hydrogen-bond donors (Lipinski definition) is 0. The van der Waals surface area contributed by atoms with Crippen molar-refractivity contribution in [2.24, 2.45) is 0 Å². The zero-order chi connectivity index (χ0) is 17.7. The molecule has 2 aromatic heterocycles. The number of aromatic nitrogens is 4. The van der Waals surface area contributed by atoms with Crippen LogP contribution in [-0.2, 0) is 6.54 Å². The van der Waals surface area contributed by atoms with Gasteiger partial charge in [-0.2, -0.15) is 5.10 Å². The second-order valence-corrected chi connectivity index (χ2v) is 7.61. The first-order valence-electron chi connectivity index (χ1n) is 9.27. The third-order valence-electron chi connectivity index (χ3n) is 5.50. The molecule has 2 aliphatic heterocycles. The van der Waals surface area contributed by atoms with E-state index in [9.17, 15) is 4.79 Å². The summed E-state index contributed by atoms with van der Waals surface area (Å²) >= 11 is 0. The SMILES string of the molecule is CN1CCN(c2cnn(C3CN(Cc4cnc(C5CC5)nc4)C3)c2)C1=O. The first-order chi connectivity index (χ1) is 12.7. The average Bonchev–Trinajstić information content (AvgIpc) is 3.27. The van der Waals surface area contributed by atoms with Crippen LogP contribution < -0.4 is 4.90 Å². The molecule has 1 saturated carbocycles. The smallest absolute Gasteiger partial charge is 0.324 e. The van der Waals surface area contributed by atoms with Gasteiger partial charge in [-0.05, 0) is 12.8 Å². The fourth-order valence-corrected chi connectivity index (χ4v) is 3.65. The third-order valence-corrected chi connectivity index (χ3v) is 5.50. The quantitative estimate of drug-likeness (QED) is 0.814. The van der Waals surface area contributed by atoms with Crippen LogP contribution in [0.1, 0.15) is 36.2 Å². The lowest BCUT2D eigenvalue weighted by Gasteiger charge is -2.39. The third kappa shape index (κ3) is 2.84. The molecule has 3 fully saturated rings. The maximum Gasteiger partial charge on any atom is 0.324 e. The summed E-state index contributed by atoms with van der Waals surface area (Å²) in [5.74, 6) is 1.61. The van der Waals surface area contributed by atoms with Crippen molar-refractivity contribution in [3.05, 3.63) is 36.2 Å². The van der Waals surface area contributed by atoms with E-state index in [1.807, 2.05) is 30.3 Å². The molecule has 3 aliphatic rings. The summed E-state index contributed by atoms with van der Waals surface area (Å²) in [5, 5.41) is 4.47. The minimum Gasteiger partial charge on any atom is -0.326 e. The standard InChI is InChI=1S/C18H23N7O/c1-22-4-5-24(18(22)26)15-8-21-25(12-15)16-10-23(11-16)9-13-6-19-17(20-7-13)14-2-3-14/h6-8,12,14,16H,2-5,9-11H2,1H3. The monoisotopic (exact) mass is 353 g/mol. The summed E-state index contributed by atoms with van der Waals surface area (Å²) in [6.07, 6.45) is 10.2. The van der Waals surface area contributed by atoms with Gasteiger partial charge in [0.15, 0.2) is 0 Å². The molecule has 4 heterocycles. The number of nitrogens with zero attached hydrogens (tertiary/aromatic N) is 7. The highest BCUT2D eigenvalue weighted by Gasteiger charge is 2.32. The number of rotatable bonds is 5. The van der Waals surface area contributed by atoms with E-state index in [2.05, 4.69) is 20.0 Å². The van der Waals surface area contributed by atoms with Crippen LogP contribution in [0.2, 0.25) is 0 Å². The van der Waals surface area contributed by atoms with Gasteiger partial charge in [0.05, 0.1) is 17.9 Å². The van der Waals surface area contributed by atoms with Gasteiger partial charge >= 0.3 is 6.03 Å². The van der Waals surface area contributed by atoms with Crippen molar-refractivity contribution in [1.82, 2.24) is 29.5 Å². The van der Waals surface area contributed by atoms with E-state index < -0.39 is 0 Å². The Morgan fingerprint density at radius 1 is 1.12 bits per heavy atom. The molecule has 8 heteroatoms. The number of anilines is 1. The summed E-state index contributed by atoms with van der Waals surface area (Å²) in [7, 11) is 1.83. The second kappa shape index (κ2) is 6.05. The molecule has 0 spiro atoms. The number of likely N-dealkylation sites (tertiary alicyclic amines) is 1. The molecule has 5 rings (SSSR count). The van der Waals surface area contributed by atoms with Crippen molar-refractivity contribution in [3.63, 3.8) is 0 Å². The van der Waals surface area contributed by atoms with Crippen LogP contribution in [0, 0.1) is 0 Å². The predicted molar refractivity (Wildman–Crippen MR) is 95.9 cm³/mol. The molecule has 0 aromatic carbocycles. The molecule has 0 bridgehead atoms. The summed E-state index contributed by atoms with van der Waals surface area (Å²) < 4.78 is 1.99. The highest BCUT2D eigenvalue weighted by atomic mass is 16.2. The molecule has 0 radical (unpaired) electrons. The molecule has 2 amide bonds. The Morgan fingerprint density at radius 3 is 2.54 bits per heavy atom. The van der Waals surface area contributed by atoms with Crippen molar-refractivity contribution < 1.29 is 4.79 Å². The van der Waals surface area contributed by atoms with E-state index in [1.165, 1.54) is 18.4 Å². The lowest BCUT2D eigenvalue weighted by Crippen LogP contribution is -2.47. The zero-order valence-corrected chi connectivity index (χ0v) is 15.0. The fourth-order valence-electron chi connectivity index (χ4n) is 3.65. The maximum absolute atomic E-state index is 12.1. The van der Waals surface area contributed by atoms with Gasteiger partial charge in [-0.1, -0.05) is 0 Å². The van der Waals surface area contributed by atoms with Crippen LogP contribution in [0.5, 0.6) is 0 Å². The minimum atomic E-state index is 0.0504. The highest BCUT2D eigenvalue weighted by Crippen LogP contribution is 2.37. The Kier molecular flexibility index (Phi) is 3.66. The Morgan fingerprint density at radius 2 is 1.88 bits per heavy atom. The minimum absolute atomic E-state index is 0.0504. The number of likely N-dealkylation sites (N-methyl/N-ethyl adjacent to an activating group) is 1. The van der Waals surface area contributed by atoms with Gasteiger partial charge < -0.3 is 4.90 Å². The Hall–Kier alpha value is -2.48. The van der Waals surface area contributed by atoms with Crippen LogP contribution in [0.25, 0.3) is 0 Å². The molecular weight excluding hydrogens is 330 g/mol. The van der Waals surface area contributed by atoms with Crippen molar-refractivity contribution in [2.45, 2.75) is 31.3 Å². The molecule has 136 valence electrons. The Balaban J connectivity index is 1.16. The molecule has 0 atom stereocenters. The van der Waals surface area contributed by atoms with Gasteiger partial charge in [0.2, 0.25) is 0 Å². The van der Waals surface area contributed by atoms with Crippen LogP contribution in [0.3, 0.4) is 0 Å². The largest absolute Gasteiger partial charge is 0.326 e. The first-order valence-corrected chi connectivity index (χ1v) is 9.27. The summed E-state index contributed by atoms with van der Waals surface area (Å²) in [6.45, 7) is 4.29. The average molecular weight is 353 g/mol. The lowest BCUT2D eigenvalue weighted by molar-refractivity contribution is 0.0907. The van der Waals surface area contributed by atoms with E-state index in [4.69, 9.17) is 0 Å².